The summed E-state index contributed by atoms with van der Waals surface area (Å²) in [6.45, 7) is 5.97. The zero-order chi connectivity index (χ0) is 30.9. The van der Waals surface area contributed by atoms with Crippen LogP contribution < -0.4 is 10.1 Å². The molecule has 0 bridgehead atoms. The van der Waals surface area contributed by atoms with Gasteiger partial charge in [-0.25, -0.2) is 4.79 Å². The summed E-state index contributed by atoms with van der Waals surface area (Å²) >= 11 is 6.19. The number of carboxylic acid groups (broad SMARTS) is 1. The number of halogens is 1. The molecule has 0 radical (unpaired) electrons. The molecule has 12 nitrogen and oxygen atoms in total. The molecule has 2 unspecified atom stereocenters. The minimum atomic E-state index is -1.25. The zero-order valence-corrected chi connectivity index (χ0v) is 24.6. The molecular formula is C30H31ClN6O6. The van der Waals surface area contributed by atoms with Crippen LogP contribution in [-0.4, -0.2) is 79.9 Å². The highest BCUT2D eigenvalue weighted by Crippen LogP contribution is 2.45. The smallest absolute Gasteiger partial charge is 0.326 e. The summed E-state index contributed by atoms with van der Waals surface area (Å²) in [6, 6.07) is 11.7. The summed E-state index contributed by atoms with van der Waals surface area (Å²) < 4.78 is 6.28. The number of aliphatic imine (C=N–C) groups is 1. The first kappa shape index (κ1) is 29.8. The second kappa shape index (κ2) is 11.9. The number of urea groups is 1. The molecular weight excluding hydrogens is 576 g/mol. The molecule has 224 valence electrons. The molecule has 0 aliphatic carbocycles. The number of amidine groups is 1. The van der Waals surface area contributed by atoms with Crippen LogP contribution in [0, 0.1) is 0 Å². The second-order valence-corrected chi connectivity index (χ2v) is 11.7. The van der Waals surface area contributed by atoms with E-state index in [1.54, 1.807) is 30.5 Å². The number of benzene rings is 2. The van der Waals surface area contributed by atoms with Crippen molar-refractivity contribution in [1.29, 1.82) is 0 Å². The fraction of sp³-hybridized carbons (Fsp3) is 0.333. The molecule has 2 aromatic carbocycles. The molecule has 3 aromatic rings. The molecule has 1 fully saturated rings. The van der Waals surface area contributed by atoms with Crippen LogP contribution in [0.15, 0.2) is 59.7 Å². The number of H-pyrrole nitrogens is 1. The van der Waals surface area contributed by atoms with E-state index in [1.807, 2.05) is 32.9 Å². The number of Topliss-reactive ketones (excluding diaryl/α,β-unsaturated/α-hetero) is 1. The number of carbonyl (C=O) groups excluding carboxylic acids is 3. The lowest BCUT2D eigenvalue weighted by Crippen LogP contribution is -2.55. The fourth-order valence-electron chi connectivity index (χ4n) is 5.09. The molecule has 2 atom stereocenters. The number of hydrogen-bond acceptors (Lipinski definition) is 7. The number of amides is 3. The Hall–Kier alpha value is -4.71. The molecule has 1 aromatic heterocycles. The Morgan fingerprint density at radius 2 is 1.86 bits per heavy atom. The number of carboxylic acids is 1. The van der Waals surface area contributed by atoms with E-state index in [1.165, 1.54) is 21.9 Å². The molecule has 3 heterocycles. The minimum absolute atomic E-state index is 0.127. The molecule has 3 N–H and O–H groups in total. The van der Waals surface area contributed by atoms with Crippen molar-refractivity contribution in [3.05, 3.63) is 82.1 Å². The first-order valence-corrected chi connectivity index (χ1v) is 14.0. The van der Waals surface area contributed by atoms with E-state index in [-0.39, 0.29) is 29.6 Å². The Bertz CT molecular complexity index is 1580. The van der Waals surface area contributed by atoms with Gasteiger partial charge in [0.05, 0.1) is 11.3 Å². The highest BCUT2D eigenvalue weighted by Gasteiger charge is 2.46. The summed E-state index contributed by atoms with van der Waals surface area (Å²) in [5, 5.41) is 19.6. The number of carbonyl (C=O) groups is 4. The van der Waals surface area contributed by atoms with Crippen molar-refractivity contribution in [2.75, 3.05) is 19.6 Å². The van der Waals surface area contributed by atoms with E-state index in [4.69, 9.17) is 21.3 Å². The van der Waals surface area contributed by atoms with Gasteiger partial charge in [-0.2, -0.15) is 5.10 Å². The van der Waals surface area contributed by atoms with Gasteiger partial charge in [0.1, 0.15) is 42.2 Å². The first-order chi connectivity index (χ1) is 20.4. The van der Waals surface area contributed by atoms with Crippen molar-refractivity contribution in [3.63, 3.8) is 0 Å². The largest absolute Gasteiger partial charge is 0.487 e. The summed E-state index contributed by atoms with van der Waals surface area (Å²) in [6.07, 6.45) is 0.900. The van der Waals surface area contributed by atoms with Gasteiger partial charge in [-0.1, -0.05) is 29.8 Å². The van der Waals surface area contributed by atoms with Gasteiger partial charge in [-0.05, 0) is 56.7 Å². The molecule has 0 spiro atoms. The molecule has 3 amide bonds. The molecule has 0 saturated carbocycles. The third-order valence-corrected chi connectivity index (χ3v) is 7.16. The number of piperazine rings is 1. The third kappa shape index (κ3) is 6.54. The minimum Gasteiger partial charge on any atom is -0.487 e. The quantitative estimate of drug-likeness (QED) is 0.271. The fourth-order valence-corrected chi connectivity index (χ4v) is 5.22. The third-order valence-electron chi connectivity index (χ3n) is 6.91. The molecule has 43 heavy (non-hydrogen) atoms. The average molecular weight is 607 g/mol. The molecule has 1 saturated heterocycles. The summed E-state index contributed by atoms with van der Waals surface area (Å²) in [4.78, 5) is 58.6. The lowest BCUT2D eigenvalue weighted by molar-refractivity contribution is -0.136. The average Bonchev–Trinajstić information content (AvgIpc) is 3.60. The number of aromatic amines is 1. The Balaban J connectivity index is 1.69. The standard InChI is InChI=1S/C30H31ClN6O6/c1-30(2,3)43-23-14-18(22(38)15-25(40)41)6-9-20(23)28-34-26(17-4-7-19(31)8-5-17)27(21-10-11-33-35-21)37(28)29(42)36-13-12-32-24(39)16-36/h4-11,14,26-27H,12-13,15-16H2,1-3H3,(H,32,39)(H,33,35)(H,40,41). The van der Waals surface area contributed by atoms with Crippen LogP contribution in [0.25, 0.3) is 0 Å². The van der Waals surface area contributed by atoms with Gasteiger partial charge in [0.2, 0.25) is 5.91 Å². The molecule has 13 heteroatoms. The number of rotatable bonds is 7. The maximum Gasteiger partial charge on any atom is 0.326 e. The van der Waals surface area contributed by atoms with Crippen molar-refractivity contribution in [2.24, 2.45) is 4.99 Å². The Kier molecular flexibility index (Phi) is 8.23. The summed E-state index contributed by atoms with van der Waals surface area (Å²) in [5.41, 5.74) is 1.23. The predicted octanol–water partition coefficient (Wildman–Crippen LogP) is 3.99. The maximum absolute atomic E-state index is 14.3. The highest BCUT2D eigenvalue weighted by molar-refractivity contribution is 6.30. The van der Waals surface area contributed by atoms with Crippen LogP contribution in [0.2, 0.25) is 5.02 Å². The summed E-state index contributed by atoms with van der Waals surface area (Å²) in [7, 11) is 0. The highest BCUT2D eigenvalue weighted by atomic mass is 35.5. The molecule has 5 rings (SSSR count). The molecule has 2 aliphatic heterocycles. The summed E-state index contributed by atoms with van der Waals surface area (Å²) in [5.74, 6) is -1.61. The van der Waals surface area contributed by atoms with E-state index in [0.717, 1.165) is 5.56 Å². The number of ether oxygens (including phenoxy) is 1. The van der Waals surface area contributed by atoms with Gasteiger partial charge in [0, 0.05) is 29.9 Å². The predicted molar refractivity (Wildman–Crippen MR) is 157 cm³/mol. The van der Waals surface area contributed by atoms with Crippen LogP contribution in [0.5, 0.6) is 5.75 Å². The van der Waals surface area contributed by atoms with Gasteiger partial charge < -0.3 is 20.1 Å². The monoisotopic (exact) mass is 606 g/mol. The second-order valence-electron chi connectivity index (χ2n) is 11.2. The SMILES string of the molecule is CC(C)(C)Oc1cc(C(=O)CC(=O)O)ccc1C1=NC(c2ccc(Cl)cc2)C(c2ccn[nH]2)N1C(=O)N1CCNC(=O)C1. The number of hydrogen-bond donors (Lipinski definition) is 3. The van der Waals surface area contributed by atoms with Crippen LogP contribution in [0.1, 0.15) is 66.5 Å². The van der Waals surface area contributed by atoms with E-state index < -0.39 is 41.9 Å². The topological polar surface area (TPSA) is 157 Å². The lowest BCUT2D eigenvalue weighted by Gasteiger charge is -2.35. The van der Waals surface area contributed by atoms with Gasteiger partial charge in [-0.3, -0.25) is 29.4 Å². The van der Waals surface area contributed by atoms with Crippen LogP contribution in [0.4, 0.5) is 4.79 Å². The van der Waals surface area contributed by atoms with Crippen molar-refractivity contribution in [3.8, 4) is 5.75 Å². The number of aromatic nitrogens is 2. The van der Waals surface area contributed by atoms with Crippen molar-refractivity contribution in [2.45, 2.75) is 44.9 Å². The van der Waals surface area contributed by atoms with Crippen LogP contribution >= 0.6 is 11.6 Å². The number of aliphatic carboxylic acids is 1. The first-order valence-electron chi connectivity index (χ1n) is 13.7. The Morgan fingerprint density at radius 3 is 2.49 bits per heavy atom. The van der Waals surface area contributed by atoms with Gasteiger partial charge in [-0.15, -0.1) is 0 Å². The van der Waals surface area contributed by atoms with Crippen molar-refractivity contribution in [1.82, 2.24) is 25.3 Å². The van der Waals surface area contributed by atoms with Crippen molar-refractivity contribution < 1.29 is 29.0 Å². The number of nitrogens with zero attached hydrogens (tertiary/aromatic N) is 4. The Morgan fingerprint density at radius 1 is 1.12 bits per heavy atom. The van der Waals surface area contributed by atoms with Gasteiger partial charge in [0.25, 0.3) is 0 Å². The number of nitrogens with one attached hydrogen (secondary N) is 2. The normalized spacial score (nSPS) is 18.7. The number of ketones is 1. The van der Waals surface area contributed by atoms with E-state index in [0.29, 0.717) is 29.4 Å². The van der Waals surface area contributed by atoms with Crippen LogP contribution in [-0.2, 0) is 9.59 Å². The van der Waals surface area contributed by atoms with Gasteiger partial charge in [0.15, 0.2) is 5.78 Å². The van der Waals surface area contributed by atoms with Crippen molar-refractivity contribution >= 4 is 41.1 Å². The molecule has 2 aliphatic rings. The maximum atomic E-state index is 14.3. The van der Waals surface area contributed by atoms with Crippen LogP contribution in [0.3, 0.4) is 0 Å². The zero-order valence-electron chi connectivity index (χ0n) is 23.8. The van der Waals surface area contributed by atoms with E-state index in [9.17, 15) is 24.3 Å². The van der Waals surface area contributed by atoms with Gasteiger partial charge >= 0.3 is 12.0 Å². The lowest BCUT2D eigenvalue weighted by atomic mass is 9.97. The van der Waals surface area contributed by atoms with E-state index >= 15 is 0 Å². The Labute approximate surface area is 252 Å². The van der Waals surface area contributed by atoms with E-state index in [2.05, 4.69) is 15.5 Å².